The topological polar surface area (TPSA) is 277 Å². The molecule has 388 valence electrons. The Morgan fingerprint density at radius 2 is 1.21 bits per heavy atom. The van der Waals surface area contributed by atoms with E-state index >= 15 is 0 Å². The van der Waals surface area contributed by atoms with Crippen LogP contribution in [0.25, 0.3) is 22.3 Å². The molecule has 0 saturated heterocycles. The Kier molecular flexibility index (Phi) is 12.5. The number of thioether (sulfide) groups is 2. The first kappa shape index (κ1) is 39.5. The molecule has 0 spiro atoms. The van der Waals surface area contributed by atoms with Crippen molar-refractivity contribution in [1.82, 2.24) is 49.9 Å². The lowest BCUT2D eigenvalue weighted by atomic mass is 10.1. The average Bonchev–Trinajstić information content (AvgIpc) is 2.63. The number of aromatic nitrogens is 10. The lowest BCUT2D eigenvalue weighted by molar-refractivity contribution is -0.0629. The highest BCUT2D eigenvalue weighted by Gasteiger charge is 2.47. The molecule has 4 aliphatic carbocycles. The van der Waals surface area contributed by atoms with Crippen LogP contribution in [0.1, 0.15) is 102 Å². The van der Waals surface area contributed by atoms with Crippen molar-refractivity contribution >= 4 is 57.5 Å². The molecule has 4 fully saturated rings. The Morgan fingerprint density at radius 1 is 0.694 bits per heavy atom. The van der Waals surface area contributed by atoms with Gasteiger partial charge in [0.1, 0.15) is 24.4 Å². The second-order valence-electron chi connectivity index (χ2n) is 17.4. The van der Waals surface area contributed by atoms with Gasteiger partial charge in [-0.05, 0) is 61.0 Å². The minimum absolute atomic E-state index is 0.0280. The maximum atomic E-state index is 13.8. The number of rotatable bonds is 20. The number of fused-ring (bicyclic) bond motifs is 2. The molecule has 0 bridgehead atoms. The van der Waals surface area contributed by atoms with E-state index in [4.69, 9.17) is 29.7 Å². The summed E-state index contributed by atoms with van der Waals surface area (Å²) in [5.74, 6) is -3.04. The third-order valence-electron chi connectivity index (χ3n) is 12.7. The van der Waals surface area contributed by atoms with E-state index in [0.29, 0.717) is 40.7 Å². The van der Waals surface area contributed by atoms with Crippen molar-refractivity contribution < 1.29 is 72.8 Å². The van der Waals surface area contributed by atoms with Gasteiger partial charge >= 0.3 is 0 Å². The maximum Gasteiger partial charge on any atom is 0.191 e. The first-order valence-corrected chi connectivity index (χ1v) is 24.5. The molecule has 20 nitrogen and oxygen atoms in total. The smallest absolute Gasteiger partial charge is 0.191 e. The zero-order valence-electron chi connectivity index (χ0n) is 48.8. The van der Waals surface area contributed by atoms with Gasteiger partial charge < -0.3 is 50.7 Å². The van der Waals surface area contributed by atoms with Gasteiger partial charge in [0.15, 0.2) is 67.5 Å². The molecule has 4 aliphatic rings. The average molecular weight is 1060 g/mol. The minimum Gasteiger partial charge on any atom is -0.394 e. The number of ether oxygens (including phenoxy) is 2. The molecular formula is C46H56F4N12O8S2. The zero-order valence-corrected chi connectivity index (χ0v) is 39.5. The zero-order chi connectivity index (χ0) is 60.5. The summed E-state index contributed by atoms with van der Waals surface area (Å²) in [5.41, 5.74) is -1.33. The molecular weight excluding hydrogens is 989 g/mol. The first-order valence-electron chi connectivity index (χ1n) is 28.2. The number of anilines is 2. The predicted octanol–water partition coefficient (Wildman–Crippen LogP) is 4.03. The number of aliphatic hydroxyl groups is 6. The third kappa shape index (κ3) is 11.1. The molecule has 26 heteroatoms. The molecule has 10 rings (SSSR count). The second kappa shape index (κ2) is 22.7. The molecule has 4 heterocycles. The van der Waals surface area contributed by atoms with E-state index in [0.717, 1.165) is 24.6 Å². The van der Waals surface area contributed by atoms with Crippen molar-refractivity contribution in [1.29, 1.82) is 0 Å². The van der Waals surface area contributed by atoms with Crippen molar-refractivity contribution in [2.24, 2.45) is 0 Å². The Labute approximate surface area is 433 Å². The highest BCUT2D eigenvalue weighted by Crippen LogP contribution is 2.46. The quantitative estimate of drug-likeness (QED) is 0.0305. The summed E-state index contributed by atoms with van der Waals surface area (Å²) in [5, 5.41) is 84.1. The maximum absolute atomic E-state index is 13.8. The molecule has 12 atom stereocenters. The largest absolute Gasteiger partial charge is 0.394 e. The third-order valence-corrected chi connectivity index (χ3v) is 14.3. The number of halogens is 4. The molecule has 2 aromatic carbocycles. The van der Waals surface area contributed by atoms with Gasteiger partial charge in [0, 0.05) is 57.8 Å². The standard InChI is InChI=1S/2C23H28F2N6O4S/c2*1-2-7-36-23-27-21(26-15-9-12(15)11-3-4-13(24)14(25)8-11)18-22(28-23)31(30-29-18)16-10-17(35-6-5-32)20(34)19(16)33/h2*3-4,8,12,15-17,19-20,32-34H,2,5-7,9-10H2,1H3,(H,26,27,28)/t2*12-,15+,16+,17-,19-,20+/m00/s1/i1D3,2D2,7D2;5D2,6D2. The van der Waals surface area contributed by atoms with Crippen LogP contribution in [-0.4, -0.2) is 167 Å². The van der Waals surface area contributed by atoms with Gasteiger partial charge in [-0.1, -0.05) is 59.9 Å². The molecule has 8 N–H and O–H groups in total. The molecule has 0 unspecified atom stereocenters. The van der Waals surface area contributed by atoms with Crippen LogP contribution in [0, 0.1) is 23.3 Å². The van der Waals surface area contributed by atoms with Gasteiger partial charge in [-0.3, -0.25) is 0 Å². The Balaban J connectivity index is 0.000000200. The van der Waals surface area contributed by atoms with Crippen molar-refractivity contribution in [3.05, 3.63) is 70.8 Å². The van der Waals surface area contributed by atoms with Crippen LogP contribution in [0.2, 0.25) is 0 Å². The highest BCUT2D eigenvalue weighted by atomic mass is 32.2. The monoisotopic (exact) mass is 1060 g/mol. The fourth-order valence-corrected chi connectivity index (χ4v) is 10.0. The molecule has 0 amide bonds. The van der Waals surface area contributed by atoms with Crippen LogP contribution in [0.15, 0.2) is 46.7 Å². The predicted molar refractivity (Wildman–Crippen MR) is 256 cm³/mol. The molecule has 6 aromatic rings. The summed E-state index contributed by atoms with van der Waals surface area (Å²) in [6.45, 7) is -8.23. The molecule has 4 saturated carbocycles. The van der Waals surface area contributed by atoms with E-state index in [1.165, 1.54) is 39.3 Å². The lowest BCUT2D eigenvalue weighted by Gasteiger charge is -2.17. The summed E-state index contributed by atoms with van der Waals surface area (Å²) in [4.78, 5) is 17.7. The molecule has 0 radical (unpaired) electrons. The van der Waals surface area contributed by atoms with Crippen LogP contribution in [0.3, 0.4) is 0 Å². The molecule has 72 heavy (non-hydrogen) atoms. The number of nitrogens with zero attached hydrogens (tertiary/aromatic N) is 10. The van der Waals surface area contributed by atoms with Crippen LogP contribution in [0.4, 0.5) is 29.2 Å². The van der Waals surface area contributed by atoms with E-state index in [9.17, 15) is 43.1 Å². The number of hydrogen-bond acceptors (Lipinski definition) is 20. The van der Waals surface area contributed by atoms with Crippen LogP contribution in [0.5, 0.6) is 0 Å². The van der Waals surface area contributed by atoms with Crippen LogP contribution in [-0.2, 0) is 9.47 Å². The van der Waals surface area contributed by atoms with Gasteiger partial charge in [0.05, 0.1) is 56.1 Å². The molecule has 0 aliphatic heterocycles. The Hall–Kier alpha value is -4.90. The fourth-order valence-electron chi connectivity index (χ4n) is 8.93. The fraction of sp³-hybridized carbons (Fsp3) is 0.565. The second-order valence-corrected chi connectivity index (χ2v) is 19.2. The van der Waals surface area contributed by atoms with Crippen molar-refractivity contribution in [2.45, 2.75) is 135 Å². The summed E-state index contributed by atoms with van der Waals surface area (Å²) in [6.07, 6.45) is -9.53. The van der Waals surface area contributed by atoms with E-state index in [1.54, 1.807) is 0 Å². The van der Waals surface area contributed by atoms with Crippen LogP contribution >= 0.6 is 23.5 Å². The number of benzene rings is 2. The van der Waals surface area contributed by atoms with Gasteiger partial charge in [0.25, 0.3) is 0 Å². The van der Waals surface area contributed by atoms with Gasteiger partial charge in [-0.2, -0.15) is 0 Å². The molecule has 4 aromatic heterocycles. The van der Waals surface area contributed by atoms with Gasteiger partial charge in [0.2, 0.25) is 0 Å². The van der Waals surface area contributed by atoms with E-state index in [1.807, 2.05) is 6.92 Å². The Morgan fingerprint density at radius 3 is 1.68 bits per heavy atom. The first-order chi connectivity index (χ1) is 38.9. The summed E-state index contributed by atoms with van der Waals surface area (Å²) in [7, 11) is 0. The van der Waals surface area contributed by atoms with Crippen molar-refractivity contribution in [3.63, 3.8) is 0 Å². The van der Waals surface area contributed by atoms with Crippen LogP contribution < -0.4 is 10.6 Å². The van der Waals surface area contributed by atoms with Crippen molar-refractivity contribution in [3.8, 4) is 0 Å². The SMILES string of the molecule is [2H]C([2H])(O)C([2H])([2H])O[C@H]1C[C@@H](n2nnc3c(N[C@@H]4C[C@H]4c4ccc(F)c(F)c4)nc(SCCC)nc32)[C@H](O)[C@@H]1O.[2H]C([2H])([2H])C([2H])([2H])C([2H])([2H])Sc1nc(N[C@@H]2C[C@H]2c2ccc(F)c(F)c2)c2nnn([C@@H]3C[C@H](OCCO)[C@@H](O)[C@H]3O)c2n1. The number of nitrogens with one attached hydrogen (secondary N) is 2. The number of aliphatic hydroxyl groups excluding tert-OH is 5. The van der Waals surface area contributed by atoms with E-state index in [-0.39, 0.29) is 95.0 Å². The van der Waals surface area contributed by atoms with Gasteiger partial charge in [-0.15, -0.1) is 10.2 Å². The summed E-state index contributed by atoms with van der Waals surface area (Å²) < 4.78 is 152. The lowest BCUT2D eigenvalue weighted by Crippen LogP contribution is -2.33. The minimum atomic E-state index is -3.35. The normalized spacial score (nSPS) is 30.8. The van der Waals surface area contributed by atoms with E-state index in [2.05, 4.69) is 51.2 Å². The number of hydrogen-bond donors (Lipinski definition) is 8. The highest BCUT2D eigenvalue weighted by molar-refractivity contribution is 7.99. The Bertz CT molecular complexity index is 3330. The van der Waals surface area contributed by atoms with Crippen molar-refractivity contribution in [2.75, 3.05) is 48.4 Å². The summed E-state index contributed by atoms with van der Waals surface area (Å²) in [6, 6.07) is 4.99. The van der Waals surface area contributed by atoms with Gasteiger partial charge in [-0.25, -0.2) is 46.9 Å². The van der Waals surface area contributed by atoms with E-state index < -0.39 is 104 Å². The summed E-state index contributed by atoms with van der Waals surface area (Å²) >= 11 is 1.52.